The molecule has 2 aliphatic heterocycles. The van der Waals surface area contributed by atoms with Crippen molar-refractivity contribution in [1.29, 1.82) is 5.26 Å². The Morgan fingerprint density at radius 2 is 2.00 bits per heavy atom. The molecule has 1 aromatic heterocycles. The number of fused-ring (bicyclic) bond motifs is 1. The van der Waals surface area contributed by atoms with Crippen LogP contribution in [-0.2, 0) is 22.5 Å². The Kier molecular flexibility index (Phi) is 6.98. The van der Waals surface area contributed by atoms with Crippen molar-refractivity contribution in [1.82, 2.24) is 9.88 Å². The molecule has 1 fully saturated rings. The quantitative estimate of drug-likeness (QED) is 0.690. The number of benzene rings is 1. The van der Waals surface area contributed by atoms with Crippen LogP contribution < -0.4 is 10.2 Å². The van der Waals surface area contributed by atoms with Crippen molar-refractivity contribution < 1.29 is 9.53 Å². The van der Waals surface area contributed by atoms with Gasteiger partial charge in [0.05, 0.1) is 24.5 Å². The third-order valence-electron chi connectivity index (χ3n) is 5.42. The van der Waals surface area contributed by atoms with Gasteiger partial charge in [0.2, 0.25) is 5.91 Å². The third-order valence-corrected chi connectivity index (χ3v) is 6.65. The Labute approximate surface area is 191 Å². The van der Waals surface area contributed by atoms with Gasteiger partial charge in [-0.25, -0.2) is 4.98 Å². The minimum absolute atomic E-state index is 0.150. The normalized spacial score (nSPS) is 16.5. The van der Waals surface area contributed by atoms with Gasteiger partial charge in [0.1, 0.15) is 16.9 Å². The number of morpholine rings is 1. The van der Waals surface area contributed by atoms with Crippen LogP contribution in [0.3, 0.4) is 0 Å². The lowest BCUT2D eigenvalue weighted by molar-refractivity contribution is -0.113. The summed E-state index contributed by atoms with van der Waals surface area (Å²) in [6.45, 7) is 4.55. The molecule has 4 rings (SSSR count). The highest BCUT2D eigenvalue weighted by atomic mass is 35.5. The second kappa shape index (κ2) is 9.88. The van der Waals surface area contributed by atoms with Crippen LogP contribution >= 0.6 is 23.4 Å². The van der Waals surface area contributed by atoms with Crippen LogP contribution in [0.15, 0.2) is 29.3 Å². The van der Waals surface area contributed by atoms with Crippen molar-refractivity contribution in [3.63, 3.8) is 0 Å². The standard InChI is InChI=1S/C22H24ClN5O2S/c1-27-7-6-17-18(12-24)22(26-21(19(17)13-27)28-8-10-30-11-9-28)31-14-20(29)25-16-4-2-15(23)3-5-16/h2-5H,6-11,13-14H2,1H3,(H,25,29). The van der Waals surface area contributed by atoms with Gasteiger partial charge in [-0.1, -0.05) is 23.4 Å². The maximum absolute atomic E-state index is 12.5. The molecule has 31 heavy (non-hydrogen) atoms. The van der Waals surface area contributed by atoms with E-state index >= 15 is 0 Å². The maximum Gasteiger partial charge on any atom is 0.234 e. The number of carbonyl (C=O) groups is 1. The summed E-state index contributed by atoms with van der Waals surface area (Å²) in [5.74, 6) is 0.943. The number of hydrogen-bond acceptors (Lipinski definition) is 7. The molecule has 0 bridgehead atoms. The third kappa shape index (κ3) is 5.13. The van der Waals surface area contributed by atoms with E-state index in [1.165, 1.54) is 11.8 Å². The Bertz CT molecular complexity index is 1000. The Morgan fingerprint density at radius 3 is 2.71 bits per heavy atom. The van der Waals surface area contributed by atoms with Crippen LogP contribution in [0, 0.1) is 11.3 Å². The predicted octanol–water partition coefficient (Wildman–Crippen LogP) is 3.16. The smallest absolute Gasteiger partial charge is 0.234 e. The Morgan fingerprint density at radius 1 is 1.26 bits per heavy atom. The number of hydrogen-bond donors (Lipinski definition) is 1. The lowest BCUT2D eigenvalue weighted by Gasteiger charge is -2.34. The number of likely N-dealkylation sites (N-methyl/N-ethyl adjacent to an activating group) is 1. The molecule has 0 aliphatic carbocycles. The number of carbonyl (C=O) groups excluding carboxylic acids is 1. The molecule has 162 valence electrons. The van der Waals surface area contributed by atoms with E-state index in [2.05, 4.69) is 28.2 Å². The van der Waals surface area contributed by atoms with E-state index in [0.717, 1.165) is 49.5 Å². The first-order valence-corrected chi connectivity index (χ1v) is 11.6. The number of nitriles is 1. The minimum Gasteiger partial charge on any atom is -0.378 e. The number of aromatic nitrogens is 1. The van der Waals surface area contributed by atoms with E-state index in [0.29, 0.717) is 34.5 Å². The SMILES string of the molecule is CN1CCc2c(C#N)c(SCC(=O)Nc3ccc(Cl)cc3)nc(N3CCOCC3)c2C1. The highest BCUT2D eigenvalue weighted by Crippen LogP contribution is 2.35. The number of halogens is 1. The first kappa shape index (κ1) is 21.9. The Balaban J connectivity index is 1.58. The summed E-state index contributed by atoms with van der Waals surface area (Å²) in [6, 6.07) is 9.34. The molecule has 1 amide bonds. The number of rotatable bonds is 5. The summed E-state index contributed by atoms with van der Waals surface area (Å²) >= 11 is 7.21. The van der Waals surface area contributed by atoms with E-state index in [4.69, 9.17) is 21.3 Å². The van der Waals surface area contributed by atoms with E-state index < -0.39 is 0 Å². The van der Waals surface area contributed by atoms with Crippen LogP contribution in [0.1, 0.15) is 16.7 Å². The number of nitrogens with one attached hydrogen (secondary N) is 1. The van der Waals surface area contributed by atoms with Gasteiger partial charge in [-0.3, -0.25) is 4.79 Å². The predicted molar refractivity (Wildman–Crippen MR) is 123 cm³/mol. The number of thioether (sulfide) groups is 1. The molecule has 0 unspecified atom stereocenters. The fourth-order valence-corrected chi connectivity index (χ4v) is 4.78. The molecule has 7 nitrogen and oxygen atoms in total. The molecule has 1 N–H and O–H groups in total. The molecule has 0 spiro atoms. The number of ether oxygens (including phenoxy) is 1. The molecule has 0 radical (unpaired) electrons. The highest BCUT2D eigenvalue weighted by Gasteiger charge is 2.27. The van der Waals surface area contributed by atoms with Gasteiger partial charge in [-0.15, -0.1) is 0 Å². The molecule has 9 heteroatoms. The summed E-state index contributed by atoms with van der Waals surface area (Å²) in [5.41, 5.74) is 3.48. The van der Waals surface area contributed by atoms with Gasteiger partial charge >= 0.3 is 0 Å². The first-order chi connectivity index (χ1) is 15.0. The zero-order valence-electron chi connectivity index (χ0n) is 17.4. The van der Waals surface area contributed by atoms with Gasteiger partial charge in [0.25, 0.3) is 0 Å². The van der Waals surface area contributed by atoms with Crippen molar-refractivity contribution in [2.45, 2.75) is 18.0 Å². The second-order valence-corrected chi connectivity index (χ2v) is 9.02. The zero-order valence-corrected chi connectivity index (χ0v) is 18.9. The van der Waals surface area contributed by atoms with Crippen molar-refractivity contribution >= 4 is 40.8 Å². The van der Waals surface area contributed by atoms with Gasteiger partial charge in [0, 0.05) is 42.5 Å². The Hall–Kier alpha value is -2.31. The fourth-order valence-electron chi connectivity index (χ4n) is 3.85. The largest absolute Gasteiger partial charge is 0.378 e. The number of amides is 1. The van der Waals surface area contributed by atoms with Crippen LogP contribution in [0.5, 0.6) is 0 Å². The number of nitrogens with zero attached hydrogens (tertiary/aromatic N) is 4. The molecule has 1 saturated heterocycles. The molecular weight excluding hydrogens is 434 g/mol. The molecular formula is C22H24ClN5O2S. The molecule has 2 aromatic rings. The monoisotopic (exact) mass is 457 g/mol. The van der Waals surface area contributed by atoms with E-state index in [9.17, 15) is 10.1 Å². The lowest BCUT2D eigenvalue weighted by atomic mass is 9.96. The number of pyridine rings is 1. The summed E-state index contributed by atoms with van der Waals surface area (Å²) < 4.78 is 5.51. The molecule has 0 saturated carbocycles. The van der Waals surface area contributed by atoms with Crippen molar-refractivity contribution in [2.24, 2.45) is 0 Å². The zero-order chi connectivity index (χ0) is 21.8. The van der Waals surface area contributed by atoms with E-state index in [-0.39, 0.29) is 11.7 Å². The molecule has 3 heterocycles. The van der Waals surface area contributed by atoms with E-state index in [1.54, 1.807) is 24.3 Å². The van der Waals surface area contributed by atoms with Gasteiger partial charge in [-0.2, -0.15) is 5.26 Å². The second-order valence-electron chi connectivity index (χ2n) is 7.62. The van der Waals surface area contributed by atoms with E-state index in [1.807, 2.05) is 0 Å². The van der Waals surface area contributed by atoms with Crippen molar-refractivity contribution in [3.8, 4) is 6.07 Å². The van der Waals surface area contributed by atoms with Gasteiger partial charge < -0.3 is 19.9 Å². The summed E-state index contributed by atoms with van der Waals surface area (Å²) in [5, 5.41) is 14.0. The topological polar surface area (TPSA) is 81.5 Å². The van der Waals surface area contributed by atoms with Crippen LogP contribution in [0.4, 0.5) is 11.5 Å². The average Bonchev–Trinajstić information content (AvgIpc) is 2.79. The fraction of sp³-hybridized carbons (Fsp3) is 0.409. The average molecular weight is 458 g/mol. The summed E-state index contributed by atoms with van der Waals surface area (Å²) in [7, 11) is 2.09. The molecule has 0 atom stereocenters. The molecule has 1 aromatic carbocycles. The van der Waals surface area contributed by atoms with Gasteiger partial charge in [-0.05, 0) is 43.3 Å². The van der Waals surface area contributed by atoms with Crippen LogP contribution in [-0.4, -0.2) is 61.4 Å². The van der Waals surface area contributed by atoms with Crippen molar-refractivity contribution in [2.75, 3.05) is 55.9 Å². The van der Waals surface area contributed by atoms with Crippen molar-refractivity contribution in [3.05, 3.63) is 46.0 Å². The number of anilines is 2. The maximum atomic E-state index is 12.5. The highest BCUT2D eigenvalue weighted by molar-refractivity contribution is 8.00. The van der Waals surface area contributed by atoms with Gasteiger partial charge in [0.15, 0.2) is 0 Å². The molecule has 2 aliphatic rings. The summed E-state index contributed by atoms with van der Waals surface area (Å²) in [6.07, 6.45) is 0.805. The van der Waals surface area contributed by atoms with Crippen LogP contribution in [0.25, 0.3) is 0 Å². The lowest BCUT2D eigenvalue weighted by Crippen LogP contribution is -2.39. The minimum atomic E-state index is -0.150. The first-order valence-electron chi connectivity index (χ1n) is 10.2. The summed E-state index contributed by atoms with van der Waals surface area (Å²) in [4.78, 5) is 21.9. The van der Waals surface area contributed by atoms with Crippen LogP contribution in [0.2, 0.25) is 5.02 Å².